The van der Waals surface area contributed by atoms with Gasteiger partial charge in [-0.2, -0.15) is 0 Å². The molecule has 62 valence electrons. The maximum atomic E-state index is 6.91. The summed E-state index contributed by atoms with van der Waals surface area (Å²) in [5.74, 6) is 0. The SMILES string of the molecule is [C-]#[N+]C(C)c1cc(C)cc(C)c1. The van der Waals surface area contributed by atoms with E-state index < -0.39 is 0 Å². The molecule has 0 saturated carbocycles. The highest BCUT2D eigenvalue weighted by molar-refractivity contribution is 5.31. The Balaban J connectivity index is 3.10. The molecule has 1 rings (SSSR count). The second kappa shape index (κ2) is 3.40. The van der Waals surface area contributed by atoms with E-state index in [0.29, 0.717) is 0 Å². The summed E-state index contributed by atoms with van der Waals surface area (Å²) in [5, 5.41) is 0. The van der Waals surface area contributed by atoms with Crippen LogP contribution in [0.1, 0.15) is 29.7 Å². The van der Waals surface area contributed by atoms with Crippen LogP contribution in [0, 0.1) is 20.4 Å². The first-order chi connectivity index (χ1) is 5.63. The molecule has 1 unspecified atom stereocenters. The van der Waals surface area contributed by atoms with E-state index >= 15 is 0 Å². The van der Waals surface area contributed by atoms with Crippen molar-refractivity contribution in [3.63, 3.8) is 0 Å². The van der Waals surface area contributed by atoms with Crippen LogP contribution in [0.2, 0.25) is 0 Å². The van der Waals surface area contributed by atoms with Gasteiger partial charge in [0.1, 0.15) is 0 Å². The zero-order valence-corrected chi connectivity index (χ0v) is 7.76. The van der Waals surface area contributed by atoms with Crippen molar-refractivity contribution < 1.29 is 0 Å². The van der Waals surface area contributed by atoms with Gasteiger partial charge in [0.2, 0.25) is 6.04 Å². The Morgan fingerprint density at radius 3 is 2.08 bits per heavy atom. The van der Waals surface area contributed by atoms with E-state index in [9.17, 15) is 0 Å². The lowest BCUT2D eigenvalue weighted by atomic mass is 10.0. The molecule has 0 N–H and O–H groups in total. The summed E-state index contributed by atoms with van der Waals surface area (Å²) < 4.78 is 0. The number of rotatable bonds is 1. The first kappa shape index (κ1) is 8.80. The quantitative estimate of drug-likeness (QED) is 0.554. The van der Waals surface area contributed by atoms with Gasteiger partial charge in [0, 0.05) is 12.5 Å². The molecular formula is C11H13N. The van der Waals surface area contributed by atoms with Crippen LogP contribution in [0.25, 0.3) is 4.85 Å². The Morgan fingerprint density at radius 1 is 1.17 bits per heavy atom. The number of benzene rings is 1. The Kier molecular flexibility index (Phi) is 2.50. The molecule has 1 aromatic carbocycles. The van der Waals surface area contributed by atoms with Gasteiger partial charge in [0.15, 0.2) is 0 Å². The third-order valence-corrected chi connectivity index (χ3v) is 1.92. The first-order valence-corrected chi connectivity index (χ1v) is 4.08. The van der Waals surface area contributed by atoms with Crippen molar-refractivity contribution in [3.05, 3.63) is 46.3 Å². The molecule has 1 atom stereocenters. The van der Waals surface area contributed by atoms with E-state index in [0.717, 1.165) is 5.56 Å². The molecule has 0 radical (unpaired) electrons. The van der Waals surface area contributed by atoms with E-state index in [1.165, 1.54) is 11.1 Å². The molecule has 0 heterocycles. The van der Waals surface area contributed by atoms with Crippen molar-refractivity contribution in [1.29, 1.82) is 0 Å². The molecule has 1 heteroatoms. The summed E-state index contributed by atoms with van der Waals surface area (Å²) in [6, 6.07) is 6.27. The van der Waals surface area contributed by atoms with E-state index in [2.05, 4.69) is 36.9 Å². The molecule has 0 aliphatic rings. The summed E-state index contributed by atoms with van der Waals surface area (Å²) in [6.07, 6.45) is 0. The summed E-state index contributed by atoms with van der Waals surface area (Å²) in [6.45, 7) is 13.0. The third-order valence-electron chi connectivity index (χ3n) is 1.92. The van der Waals surface area contributed by atoms with Gasteiger partial charge in [0.05, 0.1) is 0 Å². The van der Waals surface area contributed by atoms with E-state index in [-0.39, 0.29) is 6.04 Å². The second-order valence-electron chi connectivity index (χ2n) is 3.23. The van der Waals surface area contributed by atoms with E-state index in [1.54, 1.807) is 0 Å². The number of hydrogen-bond acceptors (Lipinski definition) is 0. The first-order valence-electron chi connectivity index (χ1n) is 4.08. The van der Waals surface area contributed by atoms with Crippen LogP contribution in [0.4, 0.5) is 0 Å². The predicted octanol–water partition coefficient (Wildman–Crippen LogP) is 3.28. The Morgan fingerprint density at radius 2 is 1.67 bits per heavy atom. The van der Waals surface area contributed by atoms with E-state index in [4.69, 9.17) is 6.57 Å². The second-order valence-corrected chi connectivity index (χ2v) is 3.23. The summed E-state index contributed by atoms with van der Waals surface area (Å²) >= 11 is 0. The molecule has 0 bridgehead atoms. The van der Waals surface area contributed by atoms with Crippen LogP contribution in [0.3, 0.4) is 0 Å². The maximum Gasteiger partial charge on any atom is 0.246 e. The minimum atomic E-state index is -0.0106. The molecule has 1 nitrogen and oxygen atoms in total. The monoisotopic (exact) mass is 159 g/mol. The molecule has 0 aliphatic heterocycles. The molecule has 1 aromatic rings. The number of aryl methyl sites for hydroxylation is 2. The Labute approximate surface area is 73.9 Å². The summed E-state index contributed by atoms with van der Waals surface area (Å²) in [7, 11) is 0. The predicted molar refractivity (Wildman–Crippen MR) is 50.9 cm³/mol. The highest BCUT2D eigenvalue weighted by Crippen LogP contribution is 2.19. The highest BCUT2D eigenvalue weighted by Gasteiger charge is 2.08. The van der Waals surface area contributed by atoms with Crippen molar-refractivity contribution >= 4 is 0 Å². The van der Waals surface area contributed by atoms with Crippen LogP contribution >= 0.6 is 0 Å². The van der Waals surface area contributed by atoms with Gasteiger partial charge < -0.3 is 4.85 Å². The van der Waals surface area contributed by atoms with Crippen molar-refractivity contribution in [2.75, 3.05) is 0 Å². The Bertz CT molecular complexity index is 300. The lowest BCUT2D eigenvalue weighted by Gasteiger charge is -2.02. The van der Waals surface area contributed by atoms with Crippen molar-refractivity contribution in [1.82, 2.24) is 0 Å². The minimum Gasteiger partial charge on any atom is -0.309 e. The van der Waals surface area contributed by atoms with Crippen molar-refractivity contribution in [3.8, 4) is 0 Å². The van der Waals surface area contributed by atoms with Crippen LogP contribution in [0.5, 0.6) is 0 Å². The molecule has 12 heavy (non-hydrogen) atoms. The number of nitrogens with zero attached hydrogens (tertiary/aromatic N) is 1. The fourth-order valence-corrected chi connectivity index (χ4v) is 1.33. The topological polar surface area (TPSA) is 4.36 Å². The lowest BCUT2D eigenvalue weighted by molar-refractivity contribution is 0.955. The van der Waals surface area contributed by atoms with E-state index in [1.807, 2.05) is 6.92 Å². The molecule has 0 fully saturated rings. The summed E-state index contributed by atoms with van der Waals surface area (Å²) in [5.41, 5.74) is 3.60. The van der Waals surface area contributed by atoms with Gasteiger partial charge in [-0.15, -0.1) is 0 Å². The average molecular weight is 159 g/mol. The van der Waals surface area contributed by atoms with Crippen LogP contribution in [0.15, 0.2) is 18.2 Å². The fraction of sp³-hybridized carbons (Fsp3) is 0.364. The molecule has 0 amide bonds. The molecule has 0 spiro atoms. The number of hydrogen-bond donors (Lipinski definition) is 0. The standard InChI is InChI=1S/C11H13N/c1-8-5-9(2)7-11(6-8)10(3)12-4/h5-7,10H,1-3H3. The van der Waals surface area contributed by atoms with Crippen LogP contribution in [-0.2, 0) is 0 Å². The lowest BCUT2D eigenvalue weighted by Crippen LogP contribution is -1.89. The van der Waals surface area contributed by atoms with Gasteiger partial charge in [-0.1, -0.05) is 17.2 Å². The molecular weight excluding hydrogens is 146 g/mol. The Hall–Kier alpha value is -1.29. The highest BCUT2D eigenvalue weighted by atomic mass is 14.7. The van der Waals surface area contributed by atoms with Crippen molar-refractivity contribution in [2.24, 2.45) is 0 Å². The smallest absolute Gasteiger partial charge is 0.246 e. The fourth-order valence-electron chi connectivity index (χ4n) is 1.33. The normalized spacial score (nSPS) is 12.2. The van der Waals surface area contributed by atoms with Gasteiger partial charge in [-0.05, 0) is 26.0 Å². The summed E-state index contributed by atoms with van der Waals surface area (Å²) in [4.78, 5) is 3.49. The van der Waals surface area contributed by atoms with Gasteiger partial charge in [-0.3, -0.25) is 0 Å². The van der Waals surface area contributed by atoms with Crippen molar-refractivity contribution in [2.45, 2.75) is 26.8 Å². The average Bonchev–Trinajstić information content (AvgIpc) is 2.01. The zero-order chi connectivity index (χ0) is 9.14. The largest absolute Gasteiger partial charge is 0.309 e. The van der Waals surface area contributed by atoms with Gasteiger partial charge in [0.25, 0.3) is 0 Å². The molecule has 0 aromatic heterocycles. The van der Waals surface area contributed by atoms with Crippen LogP contribution < -0.4 is 0 Å². The zero-order valence-electron chi connectivity index (χ0n) is 7.76. The maximum absolute atomic E-state index is 6.91. The molecule has 0 aliphatic carbocycles. The van der Waals surface area contributed by atoms with Gasteiger partial charge >= 0.3 is 0 Å². The third kappa shape index (κ3) is 1.85. The van der Waals surface area contributed by atoms with Crippen LogP contribution in [-0.4, -0.2) is 0 Å². The molecule has 0 saturated heterocycles. The minimum absolute atomic E-state index is 0.0106. The van der Waals surface area contributed by atoms with Gasteiger partial charge in [-0.25, -0.2) is 6.57 Å².